The smallest absolute Gasteiger partial charge is 0.161 e. The second-order valence-corrected chi connectivity index (χ2v) is 4.15. The number of aliphatic hydroxyl groups is 1. The molecule has 0 aliphatic rings. The fourth-order valence-electron chi connectivity index (χ4n) is 1.76. The van der Waals surface area contributed by atoms with E-state index in [-0.39, 0.29) is 6.61 Å². The van der Waals surface area contributed by atoms with Crippen LogP contribution in [-0.4, -0.2) is 25.4 Å². The van der Waals surface area contributed by atoms with Gasteiger partial charge in [-0.3, -0.25) is 0 Å². The van der Waals surface area contributed by atoms with Gasteiger partial charge in [-0.2, -0.15) is 0 Å². The SMILES string of the molecule is COc1ccc(CO)cc1OCCOc1ccccc1. The first-order valence-electron chi connectivity index (χ1n) is 6.42. The van der Waals surface area contributed by atoms with E-state index in [1.807, 2.05) is 30.3 Å². The molecule has 0 bridgehead atoms. The Kier molecular flexibility index (Phi) is 5.26. The lowest BCUT2D eigenvalue weighted by Crippen LogP contribution is -2.09. The highest BCUT2D eigenvalue weighted by Crippen LogP contribution is 2.28. The summed E-state index contributed by atoms with van der Waals surface area (Å²) in [5.41, 5.74) is 0.782. The Bertz CT molecular complexity index is 525. The van der Waals surface area contributed by atoms with Gasteiger partial charge in [0, 0.05) is 0 Å². The summed E-state index contributed by atoms with van der Waals surface area (Å²) in [6, 6.07) is 14.9. The van der Waals surface area contributed by atoms with Crippen molar-refractivity contribution in [3.63, 3.8) is 0 Å². The van der Waals surface area contributed by atoms with E-state index in [4.69, 9.17) is 19.3 Å². The number of hydrogen-bond acceptors (Lipinski definition) is 4. The number of hydrogen-bond donors (Lipinski definition) is 1. The molecule has 4 nitrogen and oxygen atoms in total. The maximum absolute atomic E-state index is 9.12. The molecule has 2 rings (SSSR count). The Morgan fingerprint density at radius 1 is 0.900 bits per heavy atom. The summed E-state index contributed by atoms with van der Waals surface area (Å²) in [7, 11) is 1.58. The molecule has 0 aromatic heterocycles. The van der Waals surface area contributed by atoms with Crippen molar-refractivity contribution >= 4 is 0 Å². The quantitative estimate of drug-likeness (QED) is 0.789. The van der Waals surface area contributed by atoms with E-state index in [1.54, 1.807) is 25.3 Å². The van der Waals surface area contributed by atoms with Crippen LogP contribution in [-0.2, 0) is 6.61 Å². The van der Waals surface area contributed by atoms with Crippen molar-refractivity contribution in [3.05, 3.63) is 54.1 Å². The highest BCUT2D eigenvalue weighted by molar-refractivity contribution is 5.42. The molecule has 0 atom stereocenters. The molecule has 0 unspecified atom stereocenters. The van der Waals surface area contributed by atoms with Gasteiger partial charge in [0.05, 0.1) is 13.7 Å². The number of aliphatic hydroxyl groups excluding tert-OH is 1. The van der Waals surface area contributed by atoms with Crippen LogP contribution in [0, 0.1) is 0 Å². The number of para-hydroxylation sites is 1. The Labute approximate surface area is 118 Å². The van der Waals surface area contributed by atoms with Crippen LogP contribution in [0.2, 0.25) is 0 Å². The molecule has 0 saturated heterocycles. The average Bonchev–Trinajstić information content (AvgIpc) is 2.52. The zero-order valence-electron chi connectivity index (χ0n) is 11.4. The Balaban J connectivity index is 1.87. The van der Waals surface area contributed by atoms with Crippen LogP contribution in [0.3, 0.4) is 0 Å². The van der Waals surface area contributed by atoms with Crippen molar-refractivity contribution < 1.29 is 19.3 Å². The minimum atomic E-state index is -0.0269. The van der Waals surface area contributed by atoms with Gasteiger partial charge >= 0.3 is 0 Å². The van der Waals surface area contributed by atoms with Crippen LogP contribution < -0.4 is 14.2 Å². The number of rotatable bonds is 7. The van der Waals surface area contributed by atoms with E-state index in [0.29, 0.717) is 24.7 Å². The molecule has 0 saturated carbocycles. The zero-order chi connectivity index (χ0) is 14.2. The molecule has 0 heterocycles. The first-order valence-corrected chi connectivity index (χ1v) is 6.42. The topological polar surface area (TPSA) is 47.9 Å². The zero-order valence-corrected chi connectivity index (χ0v) is 11.4. The Morgan fingerprint density at radius 3 is 2.35 bits per heavy atom. The van der Waals surface area contributed by atoms with Crippen molar-refractivity contribution in [3.8, 4) is 17.2 Å². The fourth-order valence-corrected chi connectivity index (χ4v) is 1.76. The first kappa shape index (κ1) is 14.2. The predicted octanol–water partition coefficient (Wildman–Crippen LogP) is 2.65. The minimum Gasteiger partial charge on any atom is -0.493 e. The third-order valence-electron chi connectivity index (χ3n) is 2.76. The molecule has 106 valence electrons. The van der Waals surface area contributed by atoms with E-state index < -0.39 is 0 Å². The predicted molar refractivity (Wildman–Crippen MR) is 76.3 cm³/mol. The molecule has 0 fully saturated rings. The molecule has 20 heavy (non-hydrogen) atoms. The van der Waals surface area contributed by atoms with Crippen LogP contribution in [0.4, 0.5) is 0 Å². The van der Waals surface area contributed by atoms with Gasteiger partial charge in [0.25, 0.3) is 0 Å². The highest BCUT2D eigenvalue weighted by Gasteiger charge is 2.05. The number of benzene rings is 2. The molecule has 2 aromatic rings. The standard InChI is InChI=1S/C16H18O4/c1-18-15-8-7-13(12-17)11-16(15)20-10-9-19-14-5-3-2-4-6-14/h2-8,11,17H,9-10,12H2,1H3. The summed E-state index contributed by atoms with van der Waals surface area (Å²) < 4.78 is 16.4. The van der Waals surface area contributed by atoms with Gasteiger partial charge in [0.15, 0.2) is 11.5 Å². The molecular weight excluding hydrogens is 256 g/mol. The number of methoxy groups -OCH3 is 1. The van der Waals surface area contributed by atoms with Crippen molar-refractivity contribution in [1.29, 1.82) is 0 Å². The monoisotopic (exact) mass is 274 g/mol. The van der Waals surface area contributed by atoms with Gasteiger partial charge in [-0.1, -0.05) is 24.3 Å². The molecule has 0 amide bonds. The van der Waals surface area contributed by atoms with Crippen molar-refractivity contribution in [2.24, 2.45) is 0 Å². The van der Waals surface area contributed by atoms with Crippen LogP contribution in [0.5, 0.6) is 17.2 Å². The average molecular weight is 274 g/mol. The summed E-state index contributed by atoms with van der Waals surface area (Å²) in [6.07, 6.45) is 0. The van der Waals surface area contributed by atoms with Crippen LogP contribution in [0.15, 0.2) is 48.5 Å². The molecule has 0 aliphatic heterocycles. The van der Waals surface area contributed by atoms with Gasteiger partial charge in [-0.05, 0) is 29.8 Å². The summed E-state index contributed by atoms with van der Waals surface area (Å²) in [5, 5.41) is 9.12. The third-order valence-corrected chi connectivity index (χ3v) is 2.76. The minimum absolute atomic E-state index is 0.0269. The Morgan fingerprint density at radius 2 is 1.65 bits per heavy atom. The fraction of sp³-hybridized carbons (Fsp3) is 0.250. The largest absolute Gasteiger partial charge is 0.493 e. The van der Waals surface area contributed by atoms with Crippen LogP contribution in [0.25, 0.3) is 0 Å². The lowest BCUT2D eigenvalue weighted by molar-refractivity contribution is 0.210. The maximum Gasteiger partial charge on any atom is 0.161 e. The van der Waals surface area contributed by atoms with E-state index in [1.165, 1.54) is 0 Å². The first-order chi connectivity index (χ1) is 9.83. The molecular formula is C16H18O4. The van der Waals surface area contributed by atoms with E-state index >= 15 is 0 Å². The maximum atomic E-state index is 9.12. The van der Waals surface area contributed by atoms with Crippen molar-refractivity contribution in [2.45, 2.75) is 6.61 Å². The van der Waals surface area contributed by atoms with E-state index in [2.05, 4.69) is 0 Å². The summed E-state index contributed by atoms with van der Waals surface area (Å²) in [6.45, 7) is 0.817. The van der Waals surface area contributed by atoms with Gasteiger partial charge < -0.3 is 19.3 Å². The Hall–Kier alpha value is -2.20. The molecule has 1 N–H and O–H groups in total. The number of ether oxygens (including phenoxy) is 3. The lowest BCUT2D eigenvalue weighted by atomic mass is 10.2. The van der Waals surface area contributed by atoms with Crippen LogP contribution >= 0.6 is 0 Å². The molecule has 0 aliphatic carbocycles. The summed E-state index contributed by atoms with van der Waals surface area (Å²) >= 11 is 0. The van der Waals surface area contributed by atoms with Crippen molar-refractivity contribution in [1.82, 2.24) is 0 Å². The molecule has 0 radical (unpaired) electrons. The van der Waals surface area contributed by atoms with E-state index in [0.717, 1.165) is 11.3 Å². The van der Waals surface area contributed by atoms with Crippen LogP contribution in [0.1, 0.15) is 5.56 Å². The lowest BCUT2D eigenvalue weighted by Gasteiger charge is -2.12. The van der Waals surface area contributed by atoms with Gasteiger partial charge in [0.1, 0.15) is 19.0 Å². The van der Waals surface area contributed by atoms with Crippen molar-refractivity contribution in [2.75, 3.05) is 20.3 Å². The molecule has 0 spiro atoms. The summed E-state index contributed by atoms with van der Waals surface area (Å²) in [5.74, 6) is 2.06. The van der Waals surface area contributed by atoms with E-state index in [9.17, 15) is 0 Å². The highest BCUT2D eigenvalue weighted by atomic mass is 16.5. The second-order valence-electron chi connectivity index (χ2n) is 4.15. The van der Waals surface area contributed by atoms with Gasteiger partial charge in [-0.15, -0.1) is 0 Å². The normalized spacial score (nSPS) is 10.1. The second kappa shape index (κ2) is 7.40. The third kappa shape index (κ3) is 3.90. The van der Waals surface area contributed by atoms with Gasteiger partial charge in [-0.25, -0.2) is 0 Å². The molecule has 2 aromatic carbocycles. The summed E-state index contributed by atoms with van der Waals surface area (Å²) in [4.78, 5) is 0. The van der Waals surface area contributed by atoms with Gasteiger partial charge in [0.2, 0.25) is 0 Å². The molecule has 4 heteroatoms.